The van der Waals surface area contributed by atoms with Crippen LogP contribution in [0.15, 0.2) is 73.1 Å². The van der Waals surface area contributed by atoms with Gasteiger partial charge in [-0.1, -0.05) is 32.0 Å². The Bertz CT molecular complexity index is 1610. The largest absolute Gasteiger partial charge is 0.455 e. The van der Waals surface area contributed by atoms with E-state index in [1.165, 1.54) is 6.33 Å². The van der Waals surface area contributed by atoms with E-state index in [1.807, 2.05) is 88.4 Å². The number of rotatable bonds is 7. The number of ether oxygens (including phenoxy) is 1. The van der Waals surface area contributed by atoms with Crippen molar-refractivity contribution in [1.82, 2.24) is 15.0 Å². The average molecular weight is 492 g/mol. The molecule has 0 spiro atoms. The first-order valence-corrected chi connectivity index (χ1v) is 12.3. The highest BCUT2D eigenvalue weighted by molar-refractivity contribution is 5.97. The zero-order valence-electron chi connectivity index (χ0n) is 21.4. The molecule has 1 amide bonds. The van der Waals surface area contributed by atoms with Crippen LogP contribution in [-0.2, 0) is 4.79 Å². The number of carbonyl (C=O) groups excluding carboxylic acids is 1. The molecule has 0 fully saturated rings. The number of anilines is 3. The fourth-order valence-corrected chi connectivity index (χ4v) is 4.21. The van der Waals surface area contributed by atoms with Gasteiger partial charge in [-0.2, -0.15) is 0 Å². The summed E-state index contributed by atoms with van der Waals surface area (Å²) in [4.78, 5) is 25.7. The first-order valence-electron chi connectivity index (χ1n) is 12.3. The van der Waals surface area contributed by atoms with Crippen molar-refractivity contribution in [2.75, 3.05) is 10.6 Å². The van der Waals surface area contributed by atoms with Crippen molar-refractivity contribution in [2.24, 2.45) is 5.92 Å². The molecule has 2 N–H and O–H groups in total. The molecule has 0 aliphatic rings. The average Bonchev–Trinajstić information content (AvgIpc) is 2.86. The summed E-state index contributed by atoms with van der Waals surface area (Å²) >= 11 is 0. The van der Waals surface area contributed by atoms with E-state index in [0.717, 1.165) is 55.9 Å². The number of hydrogen-bond donors (Lipinski definition) is 2. The monoisotopic (exact) mass is 491 g/mol. The predicted octanol–water partition coefficient (Wildman–Crippen LogP) is 7.32. The number of nitrogens with one attached hydrogen (secondary N) is 2. The third-order valence-electron chi connectivity index (χ3n) is 5.99. The number of para-hydroxylation sites is 1. The van der Waals surface area contributed by atoms with Crippen molar-refractivity contribution in [2.45, 2.75) is 34.1 Å². The molecule has 0 saturated carbocycles. The van der Waals surface area contributed by atoms with Crippen LogP contribution < -0.4 is 15.4 Å². The van der Waals surface area contributed by atoms with Gasteiger partial charge in [-0.15, -0.1) is 0 Å². The summed E-state index contributed by atoms with van der Waals surface area (Å²) in [6, 6.07) is 21.5. The molecule has 37 heavy (non-hydrogen) atoms. The maximum absolute atomic E-state index is 12.3. The van der Waals surface area contributed by atoms with Gasteiger partial charge in [0.15, 0.2) is 5.75 Å². The summed E-state index contributed by atoms with van der Waals surface area (Å²) in [5.74, 6) is 2.41. The smallest absolute Gasteiger partial charge is 0.224 e. The van der Waals surface area contributed by atoms with Gasteiger partial charge in [0, 0.05) is 34.3 Å². The summed E-state index contributed by atoms with van der Waals surface area (Å²) in [6.45, 7) is 8.02. The van der Waals surface area contributed by atoms with E-state index in [1.54, 1.807) is 0 Å². The van der Waals surface area contributed by atoms with Crippen LogP contribution in [0.4, 0.5) is 17.2 Å². The Morgan fingerprint density at radius 3 is 2.57 bits per heavy atom. The maximum atomic E-state index is 12.3. The van der Waals surface area contributed by atoms with Crippen LogP contribution in [0.3, 0.4) is 0 Å². The zero-order chi connectivity index (χ0) is 25.9. The molecule has 0 radical (unpaired) electrons. The van der Waals surface area contributed by atoms with Crippen LogP contribution in [0, 0.1) is 19.8 Å². The number of nitrogens with zero attached hydrogens (tertiary/aromatic N) is 3. The lowest BCUT2D eigenvalue weighted by atomic mass is 10.1. The summed E-state index contributed by atoms with van der Waals surface area (Å²) in [6.07, 6.45) is 2.00. The van der Waals surface area contributed by atoms with Gasteiger partial charge in [-0.3, -0.25) is 4.79 Å². The van der Waals surface area contributed by atoms with Gasteiger partial charge in [0.25, 0.3) is 0 Å². The Kier molecular flexibility index (Phi) is 6.68. The van der Waals surface area contributed by atoms with E-state index in [2.05, 4.69) is 31.7 Å². The van der Waals surface area contributed by atoms with Crippen LogP contribution in [0.25, 0.3) is 21.8 Å². The minimum atomic E-state index is -0.0107. The van der Waals surface area contributed by atoms with Crippen LogP contribution >= 0.6 is 0 Å². The molecule has 7 nitrogen and oxygen atoms in total. The minimum Gasteiger partial charge on any atom is -0.455 e. The number of benzene rings is 3. The third-order valence-corrected chi connectivity index (χ3v) is 5.99. The van der Waals surface area contributed by atoms with Gasteiger partial charge in [0.05, 0.1) is 5.52 Å². The maximum Gasteiger partial charge on any atom is 0.224 e. The van der Waals surface area contributed by atoms with Crippen molar-refractivity contribution in [3.05, 3.63) is 84.3 Å². The minimum absolute atomic E-state index is 0.0107. The summed E-state index contributed by atoms with van der Waals surface area (Å²) < 4.78 is 6.28. The van der Waals surface area contributed by atoms with Crippen molar-refractivity contribution < 1.29 is 9.53 Å². The van der Waals surface area contributed by atoms with Crippen molar-refractivity contribution in [3.8, 4) is 11.5 Å². The first kappa shape index (κ1) is 24.2. The molecule has 0 saturated heterocycles. The number of amides is 1. The van der Waals surface area contributed by atoms with E-state index < -0.39 is 0 Å². The lowest BCUT2D eigenvalue weighted by Crippen LogP contribution is -2.13. The van der Waals surface area contributed by atoms with E-state index in [9.17, 15) is 4.79 Å². The summed E-state index contributed by atoms with van der Waals surface area (Å²) in [5.41, 5.74) is 5.12. The highest BCUT2D eigenvalue weighted by Crippen LogP contribution is 2.33. The normalized spacial score (nSPS) is 11.2. The van der Waals surface area contributed by atoms with Gasteiger partial charge in [-0.25, -0.2) is 15.0 Å². The number of hydrogen-bond acceptors (Lipinski definition) is 6. The quantitative estimate of drug-likeness (QED) is 0.248. The van der Waals surface area contributed by atoms with E-state index in [4.69, 9.17) is 4.74 Å². The second-order valence-electron chi connectivity index (χ2n) is 9.59. The number of aryl methyl sites for hydroxylation is 2. The Morgan fingerprint density at radius 2 is 1.76 bits per heavy atom. The molecule has 7 heteroatoms. The van der Waals surface area contributed by atoms with Crippen molar-refractivity contribution in [1.29, 1.82) is 0 Å². The summed E-state index contributed by atoms with van der Waals surface area (Å²) in [5, 5.41) is 8.22. The lowest BCUT2D eigenvalue weighted by Gasteiger charge is -2.14. The number of pyridine rings is 1. The van der Waals surface area contributed by atoms with Gasteiger partial charge in [0.1, 0.15) is 23.4 Å². The first-order chi connectivity index (χ1) is 17.9. The van der Waals surface area contributed by atoms with E-state index in [-0.39, 0.29) is 11.8 Å². The van der Waals surface area contributed by atoms with Crippen LogP contribution in [-0.4, -0.2) is 20.9 Å². The zero-order valence-corrected chi connectivity index (χ0v) is 21.4. The Labute approximate surface area is 215 Å². The highest BCUT2D eigenvalue weighted by atomic mass is 16.5. The molecular weight excluding hydrogens is 462 g/mol. The lowest BCUT2D eigenvalue weighted by molar-refractivity contribution is -0.116. The molecule has 3 aromatic carbocycles. The van der Waals surface area contributed by atoms with Crippen molar-refractivity contribution >= 4 is 44.9 Å². The molecule has 0 bridgehead atoms. The molecule has 2 heterocycles. The molecular formula is C30H29N5O2. The van der Waals surface area contributed by atoms with Crippen LogP contribution in [0.2, 0.25) is 0 Å². The van der Waals surface area contributed by atoms with Gasteiger partial charge in [-0.05, 0) is 73.9 Å². The molecule has 5 rings (SSSR count). The molecule has 186 valence electrons. The number of aromatic nitrogens is 3. The molecule has 2 aromatic heterocycles. The molecule has 0 aliphatic heterocycles. The molecule has 0 atom stereocenters. The predicted molar refractivity (Wildman–Crippen MR) is 149 cm³/mol. The van der Waals surface area contributed by atoms with Gasteiger partial charge < -0.3 is 15.4 Å². The second kappa shape index (κ2) is 10.2. The Hall–Kier alpha value is -4.52. The van der Waals surface area contributed by atoms with Crippen LogP contribution in [0.5, 0.6) is 11.5 Å². The third kappa shape index (κ3) is 5.51. The van der Waals surface area contributed by atoms with E-state index in [0.29, 0.717) is 12.2 Å². The summed E-state index contributed by atoms with van der Waals surface area (Å²) in [7, 11) is 0. The molecule has 0 unspecified atom stereocenters. The highest BCUT2D eigenvalue weighted by Gasteiger charge is 2.11. The fraction of sp³-hybridized carbons (Fsp3) is 0.200. The van der Waals surface area contributed by atoms with Crippen molar-refractivity contribution in [3.63, 3.8) is 0 Å². The topological polar surface area (TPSA) is 89.0 Å². The van der Waals surface area contributed by atoms with Gasteiger partial charge >= 0.3 is 0 Å². The second-order valence-corrected chi connectivity index (χ2v) is 9.59. The standard InChI is InChI=1S/C30H29N5O2/c1-18(2)14-28(36)34-23-10-12-25-24(16-23)30(32-17-31-25)35-22-11-13-26(19(3)15-22)37-27-7-5-6-21-9-8-20(4)33-29(21)27/h5-13,15-18H,14H2,1-4H3,(H,34,36)(H,31,32,35). The Balaban J connectivity index is 1.39. The van der Waals surface area contributed by atoms with Gasteiger partial charge in [0.2, 0.25) is 5.91 Å². The Morgan fingerprint density at radius 1 is 0.919 bits per heavy atom. The molecule has 5 aromatic rings. The SMILES string of the molecule is Cc1ccc2cccc(Oc3ccc(Nc4ncnc5ccc(NC(=O)CC(C)C)cc45)cc3C)c2n1. The van der Waals surface area contributed by atoms with E-state index >= 15 is 0 Å². The number of fused-ring (bicyclic) bond motifs is 2. The molecule has 0 aliphatic carbocycles. The number of carbonyl (C=O) groups is 1. The van der Waals surface area contributed by atoms with Crippen LogP contribution in [0.1, 0.15) is 31.5 Å². The fourth-order valence-electron chi connectivity index (χ4n) is 4.21.